The number of carbonyl (C=O) groups excluding carboxylic acids is 4. The molecule has 0 heterocycles. The second kappa shape index (κ2) is 69.1. The van der Waals surface area contributed by atoms with Crippen molar-refractivity contribution in [1.82, 2.24) is 0 Å². The highest BCUT2D eigenvalue weighted by atomic mass is 31.2. The summed E-state index contributed by atoms with van der Waals surface area (Å²) in [5.74, 6) is 0.956. The molecule has 0 aliphatic carbocycles. The third-order valence-electron chi connectivity index (χ3n) is 19.3. The number of aliphatic hydroxyl groups is 1. The number of rotatable bonds is 77. The lowest BCUT2D eigenvalue weighted by Gasteiger charge is -2.21. The molecule has 0 saturated heterocycles. The van der Waals surface area contributed by atoms with Gasteiger partial charge in [0.15, 0.2) is 12.2 Å². The average molecular weight is 1450 g/mol. The molecule has 0 aromatic rings. The zero-order valence-electron chi connectivity index (χ0n) is 65.1. The lowest BCUT2D eigenvalue weighted by molar-refractivity contribution is -0.161. The first-order valence-corrected chi connectivity index (χ1v) is 44.3. The Morgan fingerprint density at radius 1 is 0.283 bits per heavy atom. The summed E-state index contributed by atoms with van der Waals surface area (Å²) < 4.78 is 68.6. The maximum absolute atomic E-state index is 13.1. The Morgan fingerprint density at radius 3 is 0.717 bits per heavy atom. The molecule has 0 bridgehead atoms. The second-order valence-corrected chi connectivity index (χ2v) is 33.1. The molecule has 0 fully saturated rings. The predicted molar refractivity (Wildman–Crippen MR) is 404 cm³/mol. The van der Waals surface area contributed by atoms with Gasteiger partial charge in [-0.15, -0.1) is 0 Å². The van der Waals surface area contributed by atoms with E-state index < -0.39 is 97.5 Å². The van der Waals surface area contributed by atoms with Gasteiger partial charge in [-0.2, -0.15) is 0 Å². The largest absolute Gasteiger partial charge is 0.472 e. The van der Waals surface area contributed by atoms with Crippen molar-refractivity contribution < 1.29 is 80.2 Å². The molecule has 588 valence electrons. The van der Waals surface area contributed by atoms with Crippen LogP contribution in [0, 0.1) is 23.7 Å². The molecule has 99 heavy (non-hydrogen) atoms. The Morgan fingerprint density at radius 2 is 0.485 bits per heavy atom. The lowest BCUT2D eigenvalue weighted by atomic mass is 10.00. The third-order valence-corrected chi connectivity index (χ3v) is 21.2. The highest BCUT2D eigenvalue weighted by Crippen LogP contribution is 2.45. The number of unbranched alkanes of at least 4 members (excludes halogenated alkanes) is 41. The lowest BCUT2D eigenvalue weighted by Crippen LogP contribution is -2.30. The monoisotopic (exact) mass is 1450 g/mol. The summed E-state index contributed by atoms with van der Waals surface area (Å²) in [4.78, 5) is 72.9. The number of carbonyl (C=O) groups is 4. The van der Waals surface area contributed by atoms with Crippen molar-refractivity contribution >= 4 is 39.5 Å². The Kier molecular flexibility index (Phi) is 67.8. The molecule has 0 spiro atoms. The van der Waals surface area contributed by atoms with Crippen LogP contribution >= 0.6 is 15.6 Å². The zero-order chi connectivity index (χ0) is 73.1. The SMILES string of the molecule is CCC(C)CCCCCCCCC(=O)OC[C@H](COP(=O)(O)OC[C@H](O)COP(=O)(O)OC[C@@H](COC(=O)CCCCCCCCCCCCCCCCCCCCC(C)C)OC(=O)CCCCCCCCCCCCCCCCCC(C)C)OC(=O)CCCCCCCCC(C)CC. The van der Waals surface area contributed by atoms with Crippen LogP contribution in [0.4, 0.5) is 0 Å². The summed E-state index contributed by atoms with van der Waals surface area (Å²) in [7, 11) is -9.92. The molecule has 0 rings (SSSR count). The topological polar surface area (TPSA) is 237 Å². The molecule has 0 aliphatic heterocycles. The van der Waals surface area contributed by atoms with Crippen LogP contribution in [-0.4, -0.2) is 96.7 Å². The number of ether oxygens (including phenoxy) is 4. The quantitative estimate of drug-likeness (QED) is 0.0222. The predicted octanol–water partition coefficient (Wildman–Crippen LogP) is 23.6. The van der Waals surface area contributed by atoms with Gasteiger partial charge in [0.25, 0.3) is 0 Å². The van der Waals surface area contributed by atoms with Gasteiger partial charge in [0.1, 0.15) is 19.3 Å². The van der Waals surface area contributed by atoms with E-state index in [2.05, 4.69) is 55.4 Å². The van der Waals surface area contributed by atoms with Gasteiger partial charge < -0.3 is 33.8 Å². The smallest absolute Gasteiger partial charge is 0.462 e. The number of esters is 4. The summed E-state index contributed by atoms with van der Waals surface area (Å²) in [6.07, 6.45) is 55.8. The number of aliphatic hydroxyl groups excluding tert-OH is 1. The minimum atomic E-state index is -4.96. The van der Waals surface area contributed by atoms with Crippen molar-refractivity contribution in [1.29, 1.82) is 0 Å². The first-order valence-electron chi connectivity index (χ1n) is 41.3. The summed E-state index contributed by atoms with van der Waals surface area (Å²) in [5.41, 5.74) is 0. The summed E-state index contributed by atoms with van der Waals surface area (Å²) >= 11 is 0. The molecule has 7 atom stereocenters. The normalized spacial score (nSPS) is 14.6. The Balaban J connectivity index is 5.20. The minimum Gasteiger partial charge on any atom is -0.462 e. The third kappa shape index (κ3) is 71.5. The van der Waals surface area contributed by atoms with Crippen LogP contribution in [0.1, 0.15) is 409 Å². The standard InChI is InChI=1S/C80H156O17P2/c1-9-72(7)58-50-42-36-38-45-53-61-78(83)91-67-76(97-80(85)63-55-47-39-37-43-51-59-73(8)10-2)69-95-99(88,89)93-65-74(81)64-92-98(86,87)94-68-75(96-79(84)62-54-46-35-31-27-23-19-15-17-21-25-29-33-41-49-57-71(5)6)66-90-77(82)60-52-44-34-30-26-22-18-14-12-11-13-16-20-24-28-32-40-48-56-70(3)4/h70-76,81H,9-69H2,1-8H3,(H,86,87)(H,88,89)/t72?,73?,74-,75-,76-/m1/s1. The van der Waals surface area contributed by atoms with Crippen molar-refractivity contribution in [2.75, 3.05) is 39.6 Å². The first kappa shape index (κ1) is 97.1. The Labute approximate surface area is 607 Å². The van der Waals surface area contributed by atoms with Gasteiger partial charge in [-0.3, -0.25) is 37.3 Å². The van der Waals surface area contributed by atoms with Crippen LogP contribution in [0.25, 0.3) is 0 Å². The molecule has 0 aromatic carbocycles. The highest BCUT2D eigenvalue weighted by molar-refractivity contribution is 7.47. The highest BCUT2D eigenvalue weighted by Gasteiger charge is 2.30. The number of hydrogen-bond acceptors (Lipinski definition) is 15. The van der Waals surface area contributed by atoms with Gasteiger partial charge in [0, 0.05) is 25.7 Å². The molecule has 19 heteroatoms. The van der Waals surface area contributed by atoms with Crippen LogP contribution in [0.2, 0.25) is 0 Å². The van der Waals surface area contributed by atoms with E-state index in [-0.39, 0.29) is 25.7 Å². The van der Waals surface area contributed by atoms with Crippen LogP contribution in [0.15, 0.2) is 0 Å². The van der Waals surface area contributed by atoms with Crippen molar-refractivity contribution in [2.24, 2.45) is 23.7 Å². The van der Waals surface area contributed by atoms with Gasteiger partial charge in [0.2, 0.25) is 0 Å². The first-order chi connectivity index (χ1) is 47.7. The fourth-order valence-corrected chi connectivity index (χ4v) is 13.8. The van der Waals surface area contributed by atoms with Crippen LogP contribution in [0.5, 0.6) is 0 Å². The van der Waals surface area contributed by atoms with Gasteiger partial charge in [0.05, 0.1) is 26.4 Å². The maximum Gasteiger partial charge on any atom is 0.472 e. The molecule has 0 radical (unpaired) electrons. The zero-order valence-corrected chi connectivity index (χ0v) is 66.9. The van der Waals surface area contributed by atoms with Crippen LogP contribution in [-0.2, 0) is 65.4 Å². The molecule has 3 N–H and O–H groups in total. The number of phosphoric ester groups is 2. The number of phosphoric acid groups is 2. The van der Waals surface area contributed by atoms with E-state index in [1.165, 1.54) is 205 Å². The van der Waals surface area contributed by atoms with E-state index in [0.717, 1.165) is 120 Å². The van der Waals surface area contributed by atoms with Gasteiger partial charge in [-0.05, 0) is 49.4 Å². The Bertz CT molecular complexity index is 1940. The number of hydrogen-bond donors (Lipinski definition) is 3. The molecule has 0 saturated carbocycles. The fraction of sp³-hybridized carbons (Fsp3) is 0.950. The fourth-order valence-electron chi connectivity index (χ4n) is 12.2. The van der Waals surface area contributed by atoms with E-state index in [1.807, 2.05) is 0 Å². The van der Waals surface area contributed by atoms with Crippen molar-refractivity contribution in [3.63, 3.8) is 0 Å². The molecular formula is C80H156O17P2. The van der Waals surface area contributed by atoms with Crippen molar-refractivity contribution in [2.45, 2.75) is 427 Å². The van der Waals surface area contributed by atoms with Gasteiger partial charge in [-0.1, -0.05) is 357 Å². The van der Waals surface area contributed by atoms with Crippen molar-refractivity contribution in [3.8, 4) is 0 Å². The van der Waals surface area contributed by atoms with Crippen molar-refractivity contribution in [3.05, 3.63) is 0 Å². The molecule has 0 aliphatic rings. The average Bonchev–Trinajstić information content (AvgIpc) is 1.01. The van der Waals surface area contributed by atoms with E-state index >= 15 is 0 Å². The second-order valence-electron chi connectivity index (χ2n) is 30.2. The molecule has 0 aromatic heterocycles. The van der Waals surface area contributed by atoms with E-state index in [4.69, 9.17) is 37.0 Å². The Hall–Kier alpha value is -1.94. The van der Waals surface area contributed by atoms with E-state index in [9.17, 15) is 43.2 Å². The van der Waals surface area contributed by atoms with E-state index in [1.54, 1.807) is 0 Å². The summed E-state index contributed by atoms with van der Waals surface area (Å²) in [6, 6.07) is 0. The maximum atomic E-state index is 13.1. The molecule has 0 amide bonds. The van der Waals surface area contributed by atoms with Gasteiger partial charge >= 0.3 is 39.5 Å². The summed E-state index contributed by atoms with van der Waals surface area (Å²) in [6.45, 7) is 14.2. The summed E-state index contributed by atoms with van der Waals surface area (Å²) in [5, 5.41) is 10.6. The van der Waals surface area contributed by atoms with Crippen LogP contribution < -0.4 is 0 Å². The van der Waals surface area contributed by atoms with Crippen LogP contribution in [0.3, 0.4) is 0 Å². The molecular weight excluding hydrogens is 1290 g/mol. The minimum absolute atomic E-state index is 0.102. The van der Waals surface area contributed by atoms with Gasteiger partial charge in [-0.25, -0.2) is 9.13 Å². The van der Waals surface area contributed by atoms with E-state index in [0.29, 0.717) is 25.7 Å². The molecule has 4 unspecified atom stereocenters. The molecule has 17 nitrogen and oxygen atoms in total.